The zero-order valence-electron chi connectivity index (χ0n) is 15.3. The van der Waals surface area contributed by atoms with Gasteiger partial charge >= 0.3 is 0 Å². The number of rotatable bonds is 5. The summed E-state index contributed by atoms with van der Waals surface area (Å²) >= 11 is 0. The number of carbonyl (C=O) groups is 1. The zero-order chi connectivity index (χ0) is 19.7. The van der Waals surface area contributed by atoms with Gasteiger partial charge in [-0.1, -0.05) is 17.7 Å². The molecule has 1 unspecified atom stereocenters. The van der Waals surface area contributed by atoms with Gasteiger partial charge in [0.2, 0.25) is 15.9 Å². The van der Waals surface area contributed by atoms with E-state index in [9.17, 15) is 13.2 Å². The predicted octanol–water partition coefficient (Wildman–Crippen LogP) is 1.85. The van der Waals surface area contributed by atoms with E-state index in [1.165, 1.54) is 10.6 Å². The Kier molecular flexibility index (Phi) is 4.78. The third-order valence-corrected chi connectivity index (χ3v) is 6.60. The number of nitrogens with one attached hydrogen (secondary N) is 1. The van der Waals surface area contributed by atoms with Crippen molar-refractivity contribution in [3.05, 3.63) is 72.2 Å². The van der Waals surface area contributed by atoms with E-state index in [2.05, 4.69) is 10.3 Å². The third-order valence-electron chi connectivity index (χ3n) is 4.78. The minimum atomic E-state index is -3.73. The fourth-order valence-electron chi connectivity index (χ4n) is 3.22. The lowest BCUT2D eigenvalue weighted by molar-refractivity contribution is -0.125. The first-order valence-electron chi connectivity index (χ1n) is 8.83. The molecule has 8 nitrogen and oxygen atoms in total. The molecule has 3 heterocycles. The van der Waals surface area contributed by atoms with E-state index in [0.717, 1.165) is 5.56 Å². The highest BCUT2D eigenvalue weighted by molar-refractivity contribution is 7.89. The maximum absolute atomic E-state index is 13.1. The number of benzene rings is 1. The van der Waals surface area contributed by atoms with Gasteiger partial charge in [-0.15, -0.1) is 0 Å². The molecule has 1 aromatic carbocycles. The smallest absolute Gasteiger partial charge is 0.244 e. The van der Waals surface area contributed by atoms with E-state index >= 15 is 0 Å². The van der Waals surface area contributed by atoms with Gasteiger partial charge in [0.25, 0.3) is 0 Å². The summed E-state index contributed by atoms with van der Waals surface area (Å²) in [5.74, 6) is 0.332. The number of hydrogen-bond acceptors (Lipinski definition) is 5. The van der Waals surface area contributed by atoms with Gasteiger partial charge in [0.15, 0.2) is 0 Å². The van der Waals surface area contributed by atoms with E-state index in [4.69, 9.17) is 4.42 Å². The third kappa shape index (κ3) is 3.46. The van der Waals surface area contributed by atoms with Crippen LogP contribution in [-0.4, -0.2) is 34.7 Å². The van der Waals surface area contributed by atoms with Gasteiger partial charge in [0, 0.05) is 12.7 Å². The molecule has 1 aliphatic heterocycles. The molecule has 3 aromatic rings. The number of aromatic nitrogens is 2. The van der Waals surface area contributed by atoms with Crippen LogP contribution in [0.25, 0.3) is 0 Å². The Balaban J connectivity index is 1.58. The van der Waals surface area contributed by atoms with Crippen LogP contribution in [0.5, 0.6) is 0 Å². The topological polar surface area (TPSA) is 97.4 Å². The van der Waals surface area contributed by atoms with Crippen LogP contribution >= 0.6 is 0 Å². The lowest BCUT2D eigenvalue weighted by Gasteiger charge is -2.32. The van der Waals surface area contributed by atoms with Gasteiger partial charge in [-0.3, -0.25) is 4.79 Å². The molecule has 0 saturated heterocycles. The summed E-state index contributed by atoms with van der Waals surface area (Å²) in [5, 5.41) is 2.80. The predicted molar refractivity (Wildman–Crippen MR) is 101 cm³/mol. The first kappa shape index (κ1) is 18.5. The Bertz CT molecular complexity index is 1070. The van der Waals surface area contributed by atoms with E-state index in [0.29, 0.717) is 11.5 Å². The van der Waals surface area contributed by atoms with Crippen LogP contribution in [0.2, 0.25) is 0 Å². The molecular formula is C19H20N4O4S. The van der Waals surface area contributed by atoms with Gasteiger partial charge in [0.1, 0.15) is 11.8 Å². The Labute approximate surface area is 162 Å². The van der Waals surface area contributed by atoms with Crippen molar-refractivity contribution < 1.29 is 17.6 Å². The molecule has 0 saturated carbocycles. The van der Waals surface area contributed by atoms with Crippen LogP contribution in [0.3, 0.4) is 0 Å². The van der Waals surface area contributed by atoms with E-state index < -0.39 is 16.1 Å². The molecule has 1 atom stereocenters. The summed E-state index contributed by atoms with van der Waals surface area (Å²) in [4.78, 5) is 17.1. The summed E-state index contributed by atoms with van der Waals surface area (Å²) in [6.45, 7) is 2.33. The highest BCUT2D eigenvalue weighted by atomic mass is 32.2. The molecule has 2 aromatic heterocycles. The van der Waals surface area contributed by atoms with E-state index in [1.807, 2.05) is 6.92 Å². The van der Waals surface area contributed by atoms with Crippen LogP contribution < -0.4 is 5.32 Å². The molecule has 0 bridgehead atoms. The largest absolute Gasteiger partial charge is 0.467 e. The highest BCUT2D eigenvalue weighted by Gasteiger charge is 2.36. The quantitative estimate of drug-likeness (QED) is 0.705. The minimum absolute atomic E-state index is 0.0313. The van der Waals surface area contributed by atoms with Crippen molar-refractivity contribution in [2.45, 2.75) is 31.0 Å². The number of sulfonamides is 1. The van der Waals surface area contributed by atoms with Crippen molar-refractivity contribution in [2.24, 2.45) is 0 Å². The van der Waals surface area contributed by atoms with Crippen LogP contribution in [0.15, 0.2) is 64.5 Å². The van der Waals surface area contributed by atoms with Crippen LogP contribution in [0.4, 0.5) is 0 Å². The van der Waals surface area contributed by atoms with Crippen molar-refractivity contribution in [3.8, 4) is 0 Å². The molecule has 1 aliphatic rings. The number of fused-ring (bicyclic) bond motifs is 1. The number of carbonyl (C=O) groups excluding carboxylic acids is 1. The molecule has 4 rings (SSSR count). The average Bonchev–Trinajstić information content (AvgIpc) is 3.37. The van der Waals surface area contributed by atoms with Crippen LogP contribution in [0, 0.1) is 6.92 Å². The normalized spacial score (nSPS) is 17.2. The fraction of sp³-hybridized carbons (Fsp3) is 0.263. The van der Waals surface area contributed by atoms with Crippen molar-refractivity contribution >= 4 is 15.9 Å². The second-order valence-electron chi connectivity index (χ2n) is 6.72. The maximum Gasteiger partial charge on any atom is 0.244 e. The number of aryl methyl sites for hydroxylation is 1. The lowest BCUT2D eigenvalue weighted by Crippen LogP contribution is -2.46. The van der Waals surface area contributed by atoms with Gasteiger partial charge < -0.3 is 14.3 Å². The Morgan fingerprint density at radius 3 is 2.79 bits per heavy atom. The second-order valence-corrected chi connectivity index (χ2v) is 8.65. The first-order valence-corrected chi connectivity index (χ1v) is 10.3. The fourth-order valence-corrected chi connectivity index (χ4v) is 4.64. The number of hydrogen-bond donors (Lipinski definition) is 1. The number of furan rings is 1. The van der Waals surface area contributed by atoms with Crippen LogP contribution in [-0.2, 0) is 27.9 Å². The molecule has 1 N–H and O–H groups in total. The van der Waals surface area contributed by atoms with Crippen molar-refractivity contribution in [1.29, 1.82) is 0 Å². The van der Waals surface area contributed by atoms with E-state index in [-0.39, 0.29) is 30.4 Å². The number of nitrogens with zero attached hydrogens (tertiary/aromatic N) is 3. The van der Waals surface area contributed by atoms with Gasteiger partial charge in [-0.25, -0.2) is 13.4 Å². The van der Waals surface area contributed by atoms with Crippen molar-refractivity contribution in [3.63, 3.8) is 0 Å². The summed E-state index contributed by atoms with van der Waals surface area (Å²) in [6, 6.07) is 9.49. The van der Waals surface area contributed by atoms with Crippen LogP contribution in [0.1, 0.15) is 23.1 Å². The molecule has 0 radical (unpaired) electrons. The highest BCUT2D eigenvalue weighted by Crippen LogP contribution is 2.27. The van der Waals surface area contributed by atoms with Gasteiger partial charge in [-0.05, 0) is 31.2 Å². The summed E-state index contributed by atoms with van der Waals surface area (Å²) in [6.07, 6.45) is 4.68. The Hall–Kier alpha value is -2.91. The van der Waals surface area contributed by atoms with E-state index in [1.54, 1.807) is 53.5 Å². The molecule has 0 spiro atoms. The molecular weight excluding hydrogens is 380 g/mol. The molecule has 9 heteroatoms. The first-order chi connectivity index (χ1) is 13.4. The molecule has 0 aliphatic carbocycles. The second kappa shape index (κ2) is 7.25. The summed E-state index contributed by atoms with van der Waals surface area (Å²) in [5.41, 5.74) is 1.64. The average molecular weight is 400 g/mol. The Morgan fingerprint density at radius 2 is 2.07 bits per heavy atom. The lowest BCUT2D eigenvalue weighted by atomic mass is 10.2. The van der Waals surface area contributed by atoms with Gasteiger partial charge in [0.05, 0.1) is 36.3 Å². The maximum atomic E-state index is 13.1. The van der Waals surface area contributed by atoms with Crippen molar-refractivity contribution in [2.75, 3.05) is 6.54 Å². The molecule has 28 heavy (non-hydrogen) atoms. The number of amides is 1. The molecule has 1 amide bonds. The molecule has 146 valence electrons. The SMILES string of the molecule is Cc1ccc(S(=O)(=O)N2Cc3cncn3C(C(=O)NCc3ccco3)C2)cc1. The number of imidazole rings is 1. The zero-order valence-corrected chi connectivity index (χ0v) is 16.1. The van der Waals surface area contributed by atoms with Gasteiger partial charge in [-0.2, -0.15) is 4.31 Å². The summed E-state index contributed by atoms with van der Waals surface area (Å²) < 4.78 is 34.5. The summed E-state index contributed by atoms with van der Waals surface area (Å²) in [7, 11) is -3.73. The molecule has 0 fully saturated rings. The Morgan fingerprint density at radius 1 is 1.29 bits per heavy atom. The minimum Gasteiger partial charge on any atom is -0.467 e. The van der Waals surface area contributed by atoms with Crippen molar-refractivity contribution in [1.82, 2.24) is 19.2 Å². The standard InChI is InChI=1S/C19H20N4O4S/c1-14-4-6-17(7-5-14)28(25,26)22-11-15-9-20-13-23(15)18(12-22)19(24)21-10-16-3-2-8-27-16/h2-9,13,18H,10-12H2,1H3,(H,21,24). The monoisotopic (exact) mass is 400 g/mol.